The fourth-order valence-electron chi connectivity index (χ4n) is 1.43. The molecule has 0 aliphatic heterocycles. The predicted octanol–water partition coefficient (Wildman–Crippen LogP) is 3.18. The summed E-state index contributed by atoms with van der Waals surface area (Å²) in [6.45, 7) is 2.58. The number of nitrogens with zero attached hydrogens (tertiary/aromatic N) is 1. The summed E-state index contributed by atoms with van der Waals surface area (Å²) in [6, 6.07) is 0. The molecule has 7 heteroatoms. The molecule has 1 unspecified atom stereocenters. The Morgan fingerprint density at radius 3 is 2.74 bits per heavy atom. The third-order valence-electron chi connectivity index (χ3n) is 2.60. The molecule has 0 fully saturated rings. The fraction of sp³-hybridized carbons (Fsp3) is 0.500. The van der Waals surface area contributed by atoms with Crippen molar-refractivity contribution in [2.24, 2.45) is 5.92 Å². The molecule has 0 aliphatic carbocycles. The molecule has 2 N–H and O–H groups in total. The number of rotatable bonds is 6. The van der Waals surface area contributed by atoms with Gasteiger partial charge in [-0.2, -0.15) is 0 Å². The van der Waals surface area contributed by atoms with Gasteiger partial charge in [0.15, 0.2) is 0 Å². The molecule has 4 nitrogen and oxygen atoms in total. The van der Waals surface area contributed by atoms with Gasteiger partial charge in [0, 0.05) is 19.3 Å². The average molecular weight is 326 g/mol. The minimum absolute atomic E-state index is 0.0513. The van der Waals surface area contributed by atoms with Gasteiger partial charge in [0.25, 0.3) is 5.91 Å². The summed E-state index contributed by atoms with van der Waals surface area (Å²) in [5, 5.41) is 12.0. The highest BCUT2D eigenvalue weighted by Crippen LogP contribution is 2.30. The Kier molecular flexibility index (Phi) is 6.86. The van der Waals surface area contributed by atoms with Crippen molar-refractivity contribution >= 4 is 40.7 Å². The number of aliphatic hydroxyl groups excluding tert-OH is 1. The van der Waals surface area contributed by atoms with E-state index in [0.717, 1.165) is 12.8 Å². The Morgan fingerprint density at radius 2 is 2.11 bits per heavy atom. The van der Waals surface area contributed by atoms with Gasteiger partial charge in [0.2, 0.25) is 0 Å². The van der Waals surface area contributed by atoms with Crippen molar-refractivity contribution in [3.8, 4) is 0 Å². The van der Waals surface area contributed by atoms with E-state index in [1.807, 2.05) is 6.92 Å². The molecule has 0 aromatic carbocycles. The largest absolute Gasteiger partial charge is 0.396 e. The number of hydrogen-bond donors (Lipinski definition) is 2. The SMILES string of the molecule is CC(CO)CCCNC(=O)c1ncc(Cl)c(Cl)c1Cl. The minimum atomic E-state index is -0.389. The molecule has 1 atom stereocenters. The van der Waals surface area contributed by atoms with Crippen LogP contribution < -0.4 is 5.32 Å². The van der Waals surface area contributed by atoms with E-state index >= 15 is 0 Å². The molecule has 19 heavy (non-hydrogen) atoms. The summed E-state index contributed by atoms with van der Waals surface area (Å²) < 4.78 is 0. The number of hydrogen-bond acceptors (Lipinski definition) is 3. The molecular formula is C12H15Cl3N2O2. The van der Waals surface area contributed by atoms with Crippen LogP contribution in [0, 0.1) is 5.92 Å². The molecular weight excluding hydrogens is 311 g/mol. The van der Waals surface area contributed by atoms with E-state index in [0.29, 0.717) is 6.54 Å². The normalized spacial score (nSPS) is 12.3. The molecule has 0 spiro atoms. The lowest BCUT2D eigenvalue weighted by Crippen LogP contribution is -2.26. The fourth-order valence-corrected chi connectivity index (χ4v) is 2.00. The molecule has 106 valence electrons. The lowest BCUT2D eigenvalue weighted by Gasteiger charge is -2.09. The maximum absolute atomic E-state index is 11.8. The summed E-state index contributed by atoms with van der Waals surface area (Å²) in [5.41, 5.74) is 0.0614. The Bertz CT molecular complexity index is 455. The van der Waals surface area contributed by atoms with Crippen LogP contribution in [0.5, 0.6) is 0 Å². The van der Waals surface area contributed by atoms with E-state index in [1.165, 1.54) is 6.20 Å². The van der Waals surface area contributed by atoms with E-state index in [4.69, 9.17) is 39.9 Å². The summed E-state index contributed by atoms with van der Waals surface area (Å²) in [6.07, 6.45) is 2.89. The number of aliphatic hydroxyl groups is 1. The van der Waals surface area contributed by atoms with Gasteiger partial charge in [0.05, 0.1) is 15.1 Å². The van der Waals surface area contributed by atoms with E-state index < -0.39 is 0 Å². The molecule has 0 bridgehead atoms. The first-order valence-corrected chi connectivity index (χ1v) is 6.99. The zero-order valence-electron chi connectivity index (χ0n) is 10.4. The van der Waals surface area contributed by atoms with Gasteiger partial charge in [-0.1, -0.05) is 41.7 Å². The van der Waals surface area contributed by atoms with Crippen LogP contribution in [0.2, 0.25) is 15.1 Å². The van der Waals surface area contributed by atoms with Gasteiger partial charge < -0.3 is 10.4 Å². The molecule has 0 aliphatic rings. The van der Waals surface area contributed by atoms with Crippen LogP contribution in [0.15, 0.2) is 6.20 Å². The van der Waals surface area contributed by atoms with Crippen molar-refractivity contribution in [1.29, 1.82) is 0 Å². The molecule has 0 radical (unpaired) electrons. The third kappa shape index (κ3) is 4.80. The number of aromatic nitrogens is 1. The highest BCUT2D eigenvalue weighted by molar-refractivity contribution is 6.48. The van der Waals surface area contributed by atoms with E-state index in [9.17, 15) is 4.79 Å². The smallest absolute Gasteiger partial charge is 0.271 e. The second-order valence-corrected chi connectivity index (χ2v) is 5.43. The monoisotopic (exact) mass is 324 g/mol. The van der Waals surface area contributed by atoms with E-state index in [2.05, 4.69) is 10.3 Å². The maximum atomic E-state index is 11.8. The first-order valence-electron chi connectivity index (χ1n) is 5.86. The van der Waals surface area contributed by atoms with Gasteiger partial charge >= 0.3 is 0 Å². The predicted molar refractivity (Wildman–Crippen MR) is 77.1 cm³/mol. The van der Waals surface area contributed by atoms with Crippen LogP contribution in [0.3, 0.4) is 0 Å². The highest BCUT2D eigenvalue weighted by atomic mass is 35.5. The first-order chi connectivity index (χ1) is 8.97. The zero-order chi connectivity index (χ0) is 14.4. The van der Waals surface area contributed by atoms with Gasteiger partial charge in [0.1, 0.15) is 5.69 Å². The maximum Gasteiger partial charge on any atom is 0.271 e. The van der Waals surface area contributed by atoms with Crippen molar-refractivity contribution in [2.75, 3.05) is 13.2 Å². The van der Waals surface area contributed by atoms with Crippen molar-refractivity contribution in [1.82, 2.24) is 10.3 Å². The van der Waals surface area contributed by atoms with Crippen molar-refractivity contribution in [3.05, 3.63) is 27.0 Å². The quantitative estimate of drug-likeness (QED) is 0.790. The average Bonchev–Trinajstić information content (AvgIpc) is 2.40. The van der Waals surface area contributed by atoms with Crippen molar-refractivity contribution in [2.45, 2.75) is 19.8 Å². The van der Waals surface area contributed by atoms with E-state index in [1.54, 1.807) is 0 Å². The van der Waals surface area contributed by atoms with Crippen LogP contribution in [0.4, 0.5) is 0 Å². The Balaban J connectivity index is 2.53. The number of carbonyl (C=O) groups excluding carboxylic acids is 1. The summed E-state index contributed by atoms with van der Waals surface area (Å²) >= 11 is 17.5. The molecule has 1 aromatic heterocycles. The summed E-state index contributed by atoms with van der Waals surface area (Å²) in [5.74, 6) is -0.163. The van der Waals surface area contributed by atoms with Crippen LogP contribution in [-0.4, -0.2) is 29.1 Å². The zero-order valence-corrected chi connectivity index (χ0v) is 12.7. The summed E-state index contributed by atoms with van der Waals surface area (Å²) in [4.78, 5) is 15.7. The third-order valence-corrected chi connectivity index (χ3v) is 3.84. The topological polar surface area (TPSA) is 62.2 Å². The van der Waals surface area contributed by atoms with Crippen molar-refractivity contribution < 1.29 is 9.90 Å². The summed E-state index contributed by atoms with van der Waals surface area (Å²) in [7, 11) is 0. The number of amides is 1. The standard InChI is InChI=1S/C12H15Cl3N2O2/c1-7(6-18)3-2-4-16-12(19)11-10(15)9(14)8(13)5-17-11/h5,7,18H,2-4,6H2,1H3,(H,16,19). The number of halogens is 3. The highest BCUT2D eigenvalue weighted by Gasteiger charge is 2.16. The second kappa shape index (κ2) is 7.90. The minimum Gasteiger partial charge on any atom is -0.396 e. The molecule has 1 heterocycles. The Labute approximate surface area is 127 Å². The van der Waals surface area contributed by atoms with Gasteiger partial charge in [-0.3, -0.25) is 4.79 Å². The molecule has 0 saturated carbocycles. The van der Waals surface area contributed by atoms with Crippen LogP contribution in [-0.2, 0) is 0 Å². The molecule has 1 amide bonds. The van der Waals surface area contributed by atoms with Crippen LogP contribution >= 0.6 is 34.8 Å². The van der Waals surface area contributed by atoms with Crippen molar-refractivity contribution in [3.63, 3.8) is 0 Å². The Morgan fingerprint density at radius 1 is 1.42 bits per heavy atom. The van der Waals surface area contributed by atoms with Gasteiger partial charge in [-0.15, -0.1) is 0 Å². The van der Waals surface area contributed by atoms with E-state index in [-0.39, 0.29) is 39.2 Å². The van der Waals surface area contributed by atoms with Gasteiger partial charge in [-0.05, 0) is 18.8 Å². The number of nitrogens with one attached hydrogen (secondary N) is 1. The second-order valence-electron chi connectivity index (χ2n) is 4.27. The van der Waals surface area contributed by atoms with Crippen LogP contribution in [0.25, 0.3) is 0 Å². The lowest BCUT2D eigenvalue weighted by atomic mass is 10.1. The number of carbonyl (C=O) groups is 1. The van der Waals surface area contributed by atoms with Crippen LogP contribution in [0.1, 0.15) is 30.3 Å². The van der Waals surface area contributed by atoms with Gasteiger partial charge in [-0.25, -0.2) is 4.98 Å². The Hall–Kier alpha value is -0.550. The molecule has 0 saturated heterocycles. The molecule has 1 aromatic rings. The first kappa shape index (κ1) is 16.5. The lowest BCUT2D eigenvalue weighted by molar-refractivity contribution is 0.0947. The molecule has 1 rings (SSSR count). The number of pyridine rings is 1.